The summed E-state index contributed by atoms with van der Waals surface area (Å²) < 4.78 is 55.9. The highest BCUT2D eigenvalue weighted by molar-refractivity contribution is 9.10. The summed E-state index contributed by atoms with van der Waals surface area (Å²) in [7, 11) is -1.52. The predicted octanol–water partition coefficient (Wildman–Crippen LogP) is 6.40. The van der Waals surface area contributed by atoms with Crippen LogP contribution in [0.15, 0.2) is 77.7 Å². The third-order valence-electron chi connectivity index (χ3n) is 7.52. The van der Waals surface area contributed by atoms with E-state index >= 15 is 0 Å². The summed E-state index contributed by atoms with van der Waals surface area (Å²) in [5, 5.41) is 7.56. The van der Waals surface area contributed by atoms with Crippen molar-refractivity contribution in [2.45, 2.75) is 38.0 Å². The molecule has 232 valence electrons. The molecule has 2 N–H and O–H groups in total. The first-order valence-electron chi connectivity index (χ1n) is 14.1. The van der Waals surface area contributed by atoms with Gasteiger partial charge in [-0.2, -0.15) is 0 Å². The fraction of sp³-hybridized carbons (Fsp3) is 0.312. The highest BCUT2D eigenvalue weighted by atomic mass is 79.9. The number of rotatable bonds is 13. The van der Waals surface area contributed by atoms with Gasteiger partial charge < -0.3 is 24.8 Å². The monoisotopic (exact) mass is 684 g/mol. The summed E-state index contributed by atoms with van der Waals surface area (Å²) in [5.41, 5.74) is 2.14. The SMILES string of the molecule is CCC(NCCS(C)(=O)=O)C1(c2cc3c(Nc4ccc(OCc5cccc(F)c5)c(Br)c4)ncnc3cc2OC)CC=CO1. The molecule has 0 bridgehead atoms. The van der Waals surface area contributed by atoms with Crippen LogP contribution in [0.25, 0.3) is 10.9 Å². The van der Waals surface area contributed by atoms with E-state index in [-0.39, 0.29) is 24.2 Å². The Morgan fingerprint density at radius 1 is 1.14 bits per heavy atom. The van der Waals surface area contributed by atoms with Gasteiger partial charge in [-0.25, -0.2) is 22.8 Å². The van der Waals surface area contributed by atoms with Gasteiger partial charge >= 0.3 is 0 Å². The second-order valence-electron chi connectivity index (χ2n) is 10.6. The van der Waals surface area contributed by atoms with E-state index in [0.29, 0.717) is 42.2 Å². The number of hydrogen-bond acceptors (Lipinski definition) is 9. The molecule has 2 atom stereocenters. The smallest absolute Gasteiger partial charge is 0.155 e. The van der Waals surface area contributed by atoms with Crippen LogP contribution in [0.3, 0.4) is 0 Å². The van der Waals surface area contributed by atoms with Crippen molar-refractivity contribution in [3.8, 4) is 11.5 Å². The largest absolute Gasteiger partial charge is 0.496 e. The van der Waals surface area contributed by atoms with E-state index in [9.17, 15) is 12.8 Å². The molecule has 0 fully saturated rings. The number of aromatic nitrogens is 2. The van der Waals surface area contributed by atoms with E-state index in [1.807, 2.05) is 49.4 Å². The van der Waals surface area contributed by atoms with Gasteiger partial charge in [0.15, 0.2) is 5.60 Å². The molecule has 3 aromatic carbocycles. The van der Waals surface area contributed by atoms with Gasteiger partial charge in [-0.1, -0.05) is 19.1 Å². The average Bonchev–Trinajstić information content (AvgIpc) is 3.49. The molecule has 1 aliphatic rings. The molecule has 0 saturated heterocycles. The molecule has 4 aromatic rings. The Kier molecular flexibility index (Phi) is 9.72. The van der Waals surface area contributed by atoms with Gasteiger partial charge in [0.25, 0.3) is 0 Å². The normalized spacial score (nSPS) is 16.9. The number of anilines is 2. The lowest BCUT2D eigenvalue weighted by Crippen LogP contribution is -2.49. The fourth-order valence-electron chi connectivity index (χ4n) is 5.39. The molecular weight excluding hydrogens is 651 g/mol. The lowest BCUT2D eigenvalue weighted by Gasteiger charge is -2.38. The van der Waals surface area contributed by atoms with Gasteiger partial charge in [0.1, 0.15) is 45.9 Å². The van der Waals surface area contributed by atoms with Crippen LogP contribution in [0.4, 0.5) is 15.9 Å². The number of fused-ring (bicyclic) bond motifs is 1. The first kappa shape index (κ1) is 31.7. The summed E-state index contributed by atoms with van der Waals surface area (Å²) in [6, 6.07) is 15.5. The number of sulfone groups is 1. The van der Waals surface area contributed by atoms with Crippen LogP contribution in [0.1, 0.15) is 30.9 Å². The fourth-order valence-corrected chi connectivity index (χ4v) is 6.37. The van der Waals surface area contributed by atoms with Crippen molar-refractivity contribution in [2.24, 2.45) is 0 Å². The second kappa shape index (κ2) is 13.5. The van der Waals surface area contributed by atoms with E-state index in [2.05, 4.69) is 36.5 Å². The maximum Gasteiger partial charge on any atom is 0.155 e. The van der Waals surface area contributed by atoms with Crippen molar-refractivity contribution in [1.82, 2.24) is 15.3 Å². The minimum absolute atomic E-state index is 0.0218. The summed E-state index contributed by atoms with van der Waals surface area (Å²) in [4.78, 5) is 9.03. The van der Waals surface area contributed by atoms with Gasteiger partial charge in [0, 0.05) is 41.9 Å². The molecule has 1 aromatic heterocycles. The van der Waals surface area contributed by atoms with Crippen molar-refractivity contribution in [2.75, 3.05) is 31.0 Å². The van der Waals surface area contributed by atoms with Crippen molar-refractivity contribution in [1.29, 1.82) is 0 Å². The van der Waals surface area contributed by atoms with Crippen LogP contribution < -0.4 is 20.1 Å². The Bertz CT molecular complexity index is 1780. The minimum atomic E-state index is -3.13. The van der Waals surface area contributed by atoms with Crippen molar-refractivity contribution < 1.29 is 27.0 Å². The molecule has 0 saturated carbocycles. The molecule has 12 heteroatoms. The number of benzene rings is 3. The van der Waals surface area contributed by atoms with Gasteiger partial charge in [0.2, 0.25) is 0 Å². The molecule has 2 unspecified atom stereocenters. The maximum atomic E-state index is 13.5. The Hall–Kier alpha value is -3.74. The third-order valence-corrected chi connectivity index (χ3v) is 9.09. The molecule has 1 aliphatic heterocycles. The summed E-state index contributed by atoms with van der Waals surface area (Å²) in [5.74, 6) is 1.52. The molecule has 0 radical (unpaired) electrons. The van der Waals surface area contributed by atoms with E-state index in [4.69, 9.17) is 14.2 Å². The van der Waals surface area contributed by atoms with Gasteiger partial charge in [-0.15, -0.1) is 0 Å². The van der Waals surface area contributed by atoms with Crippen LogP contribution in [0.2, 0.25) is 0 Å². The standard InChI is InChI=1S/C32H34BrFN4O5S/c1-4-30(35-12-14-44(3,39)40)32(11-6-13-43-32)25-17-24-27(18-29(25)41-2)36-20-37-31(24)38-23-9-10-28(26(33)16-23)42-19-21-7-5-8-22(34)15-21/h5-10,13,15-18,20,30,35H,4,11-12,14,19H2,1-3H3,(H,36,37,38). The molecule has 5 rings (SSSR count). The van der Waals surface area contributed by atoms with Crippen LogP contribution >= 0.6 is 15.9 Å². The Labute approximate surface area is 264 Å². The number of halogens is 2. The van der Waals surface area contributed by atoms with Gasteiger partial charge in [-0.05, 0) is 70.4 Å². The first-order valence-corrected chi connectivity index (χ1v) is 17.0. The number of nitrogens with zero attached hydrogens (tertiary/aromatic N) is 2. The highest BCUT2D eigenvalue weighted by Crippen LogP contribution is 2.45. The summed E-state index contributed by atoms with van der Waals surface area (Å²) >= 11 is 3.58. The average molecular weight is 686 g/mol. The summed E-state index contributed by atoms with van der Waals surface area (Å²) in [6.07, 6.45) is 7.61. The molecule has 0 amide bonds. The van der Waals surface area contributed by atoms with E-state index in [0.717, 1.165) is 26.7 Å². The second-order valence-corrected chi connectivity index (χ2v) is 13.7. The van der Waals surface area contributed by atoms with Crippen molar-refractivity contribution in [3.63, 3.8) is 0 Å². The van der Waals surface area contributed by atoms with E-state index in [1.54, 1.807) is 19.4 Å². The van der Waals surface area contributed by atoms with E-state index < -0.39 is 15.4 Å². The van der Waals surface area contributed by atoms with Crippen LogP contribution in [-0.2, 0) is 26.8 Å². The quantitative estimate of drug-likeness (QED) is 0.165. The van der Waals surface area contributed by atoms with E-state index in [1.165, 1.54) is 24.7 Å². The van der Waals surface area contributed by atoms with Crippen molar-refractivity contribution >= 4 is 48.2 Å². The topological polar surface area (TPSA) is 112 Å². The number of nitrogens with one attached hydrogen (secondary N) is 2. The summed E-state index contributed by atoms with van der Waals surface area (Å²) in [6.45, 7) is 2.56. The Morgan fingerprint density at radius 3 is 2.66 bits per heavy atom. The first-order chi connectivity index (χ1) is 21.1. The van der Waals surface area contributed by atoms with Gasteiger partial charge in [0.05, 0.1) is 35.2 Å². The number of ether oxygens (including phenoxy) is 3. The van der Waals surface area contributed by atoms with Crippen LogP contribution in [-0.4, -0.2) is 50.1 Å². The Morgan fingerprint density at radius 2 is 1.98 bits per heavy atom. The number of methoxy groups -OCH3 is 1. The highest BCUT2D eigenvalue weighted by Gasteiger charge is 2.45. The maximum absolute atomic E-state index is 13.5. The predicted molar refractivity (Wildman–Crippen MR) is 173 cm³/mol. The molecule has 9 nitrogen and oxygen atoms in total. The minimum Gasteiger partial charge on any atom is -0.496 e. The lowest BCUT2D eigenvalue weighted by molar-refractivity contribution is -0.000294. The molecular formula is C32H34BrFN4O5S. The molecule has 0 spiro atoms. The lowest BCUT2D eigenvalue weighted by atomic mass is 9.81. The zero-order valence-corrected chi connectivity index (χ0v) is 27.0. The van der Waals surface area contributed by atoms with Crippen LogP contribution in [0, 0.1) is 5.82 Å². The molecule has 0 aliphatic carbocycles. The zero-order valence-electron chi connectivity index (χ0n) is 24.6. The Balaban J connectivity index is 1.44. The number of hydrogen-bond donors (Lipinski definition) is 2. The van der Waals surface area contributed by atoms with Crippen molar-refractivity contribution in [3.05, 3.63) is 94.7 Å². The zero-order chi connectivity index (χ0) is 31.3. The molecule has 44 heavy (non-hydrogen) atoms. The molecule has 2 heterocycles. The van der Waals surface area contributed by atoms with Crippen LogP contribution in [0.5, 0.6) is 11.5 Å². The van der Waals surface area contributed by atoms with Gasteiger partial charge in [-0.3, -0.25) is 0 Å². The third kappa shape index (κ3) is 7.14.